The molecule has 1 amide bonds. The summed E-state index contributed by atoms with van der Waals surface area (Å²) in [5.74, 6) is -0.0785. The minimum Gasteiger partial charge on any atom is -0.351 e. The summed E-state index contributed by atoms with van der Waals surface area (Å²) >= 11 is 5.93. The van der Waals surface area contributed by atoms with Crippen molar-refractivity contribution in [2.75, 3.05) is 20.1 Å². The largest absolute Gasteiger partial charge is 0.351 e. The van der Waals surface area contributed by atoms with Crippen molar-refractivity contribution >= 4 is 29.9 Å². The van der Waals surface area contributed by atoms with E-state index in [-0.39, 0.29) is 18.3 Å². The molecule has 0 aliphatic heterocycles. The Morgan fingerprint density at radius 3 is 2.69 bits per heavy atom. The van der Waals surface area contributed by atoms with Crippen molar-refractivity contribution < 1.29 is 4.79 Å². The summed E-state index contributed by atoms with van der Waals surface area (Å²) in [6.45, 7) is 3.21. The standard InChI is InChI=1S/C11H15ClN2O.ClH/c1-8-9(4-3-5-10(8)12)11(15)14-7-6-13-2;/h3-5,13H,6-7H2,1-2H3,(H,14,15);1H. The van der Waals surface area contributed by atoms with Crippen LogP contribution in [0.2, 0.25) is 5.02 Å². The minimum absolute atomic E-state index is 0. The quantitative estimate of drug-likeness (QED) is 0.816. The van der Waals surface area contributed by atoms with Gasteiger partial charge in [0.25, 0.3) is 5.91 Å². The molecule has 3 nitrogen and oxygen atoms in total. The van der Waals surface area contributed by atoms with Gasteiger partial charge in [-0.05, 0) is 31.7 Å². The Hall–Kier alpha value is -0.770. The van der Waals surface area contributed by atoms with Gasteiger partial charge < -0.3 is 10.6 Å². The van der Waals surface area contributed by atoms with Gasteiger partial charge in [-0.15, -0.1) is 12.4 Å². The van der Waals surface area contributed by atoms with Gasteiger partial charge in [0.1, 0.15) is 0 Å². The number of carbonyl (C=O) groups is 1. The summed E-state index contributed by atoms with van der Waals surface area (Å²) in [5, 5.41) is 6.39. The van der Waals surface area contributed by atoms with Crippen LogP contribution in [0.15, 0.2) is 18.2 Å². The fourth-order valence-electron chi connectivity index (χ4n) is 1.25. The Kier molecular flexibility index (Phi) is 7.13. The zero-order valence-corrected chi connectivity index (χ0v) is 10.9. The third-order valence-corrected chi connectivity index (χ3v) is 2.58. The van der Waals surface area contributed by atoms with E-state index in [9.17, 15) is 4.79 Å². The molecule has 0 radical (unpaired) electrons. The van der Waals surface area contributed by atoms with Gasteiger partial charge in [-0.1, -0.05) is 17.7 Å². The number of carbonyl (C=O) groups excluding carboxylic acids is 1. The van der Waals surface area contributed by atoms with Gasteiger partial charge in [0, 0.05) is 23.7 Å². The summed E-state index contributed by atoms with van der Waals surface area (Å²) in [6, 6.07) is 5.33. The van der Waals surface area contributed by atoms with Crippen LogP contribution in [0.25, 0.3) is 0 Å². The van der Waals surface area contributed by atoms with Crippen LogP contribution in [-0.2, 0) is 0 Å². The van der Waals surface area contributed by atoms with Crippen molar-refractivity contribution in [3.8, 4) is 0 Å². The van der Waals surface area contributed by atoms with E-state index in [1.54, 1.807) is 18.2 Å². The summed E-state index contributed by atoms with van der Waals surface area (Å²) in [5.41, 5.74) is 1.46. The van der Waals surface area contributed by atoms with E-state index < -0.39 is 0 Å². The SMILES string of the molecule is CNCCNC(=O)c1cccc(Cl)c1C.Cl. The number of benzene rings is 1. The number of hydrogen-bond donors (Lipinski definition) is 2. The van der Waals surface area contributed by atoms with Gasteiger partial charge in [0.05, 0.1) is 0 Å². The maximum absolute atomic E-state index is 11.7. The van der Waals surface area contributed by atoms with E-state index in [1.807, 2.05) is 14.0 Å². The van der Waals surface area contributed by atoms with E-state index in [1.165, 1.54) is 0 Å². The topological polar surface area (TPSA) is 41.1 Å². The molecule has 0 aromatic heterocycles. The molecular formula is C11H16Cl2N2O. The number of hydrogen-bond acceptors (Lipinski definition) is 2. The Balaban J connectivity index is 0.00000225. The first-order valence-corrected chi connectivity index (χ1v) is 5.22. The van der Waals surface area contributed by atoms with E-state index in [0.29, 0.717) is 17.1 Å². The van der Waals surface area contributed by atoms with Crippen LogP contribution >= 0.6 is 24.0 Å². The number of nitrogens with one attached hydrogen (secondary N) is 2. The number of amides is 1. The van der Waals surface area contributed by atoms with E-state index >= 15 is 0 Å². The summed E-state index contributed by atoms with van der Waals surface area (Å²) < 4.78 is 0. The zero-order valence-electron chi connectivity index (χ0n) is 9.34. The van der Waals surface area contributed by atoms with Gasteiger partial charge in [0.2, 0.25) is 0 Å². The predicted molar refractivity (Wildman–Crippen MR) is 69.7 cm³/mol. The molecule has 0 spiro atoms. The van der Waals surface area contributed by atoms with Crippen molar-refractivity contribution in [2.45, 2.75) is 6.92 Å². The first-order chi connectivity index (χ1) is 7.16. The summed E-state index contributed by atoms with van der Waals surface area (Å²) in [4.78, 5) is 11.7. The second kappa shape index (κ2) is 7.49. The van der Waals surface area contributed by atoms with Crippen molar-refractivity contribution in [3.05, 3.63) is 34.3 Å². The lowest BCUT2D eigenvalue weighted by Gasteiger charge is -2.08. The van der Waals surface area contributed by atoms with Crippen LogP contribution in [0.1, 0.15) is 15.9 Å². The molecule has 0 atom stereocenters. The second-order valence-electron chi connectivity index (χ2n) is 3.27. The molecule has 0 aliphatic carbocycles. The fraction of sp³-hybridized carbons (Fsp3) is 0.364. The lowest BCUT2D eigenvalue weighted by atomic mass is 10.1. The van der Waals surface area contributed by atoms with Crippen molar-refractivity contribution in [1.29, 1.82) is 0 Å². The molecule has 0 fully saturated rings. The molecule has 0 saturated heterocycles. The van der Waals surface area contributed by atoms with Crippen LogP contribution in [-0.4, -0.2) is 26.0 Å². The first-order valence-electron chi connectivity index (χ1n) is 4.84. The third kappa shape index (κ3) is 4.00. The van der Waals surface area contributed by atoms with E-state index in [0.717, 1.165) is 12.1 Å². The number of rotatable bonds is 4. The molecule has 16 heavy (non-hydrogen) atoms. The van der Waals surface area contributed by atoms with E-state index in [4.69, 9.17) is 11.6 Å². The predicted octanol–water partition coefficient (Wildman–Crippen LogP) is 2.02. The molecule has 2 N–H and O–H groups in total. The smallest absolute Gasteiger partial charge is 0.251 e. The third-order valence-electron chi connectivity index (χ3n) is 2.17. The van der Waals surface area contributed by atoms with Crippen molar-refractivity contribution in [2.24, 2.45) is 0 Å². The summed E-state index contributed by atoms with van der Waals surface area (Å²) in [7, 11) is 1.84. The maximum Gasteiger partial charge on any atom is 0.251 e. The number of likely N-dealkylation sites (N-methyl/N-ethyl adjacent to an activating group) is 1. The van der Waals surface area contributed by atoms with Crippen molar-refractivity contribution in [1.82, 2.24) is 10.6 Å². The van der Waals surface area contributed by atoms with Crippen molar-refractivity contribution in [3.63, 3.8) is 0 Å². The molecule has 0 unspecified atom stereocenters. The minimum atomic E-state index is -0.0785. The normalized spacial score (nSPS) is 9.44. The van der Waals surface area contributed by atoms with Crippen LogP contribution in [0.5, 0.6) is 0 Å². The summed E-state index contributed by atoms with van der Waals surface area (Å²) in [6.07, 6.45) is 0. The van der Waals surface area contributed by atoms with E-state index in [2.05, 4.69) is 10.6 Å². The average molecular weight is 263 g/mol. The molecule has 90 valence electrons. The second-order valence-corrected chi connectivity index (χ2v) is 3.68. The highest BCUT2D eigenvalue weighted by Gasteiger charge is 2.09. The Labute approximate surface area is 107 Å². The molecule has 0 heterocycles. The first kappa shape index (κ1) is 15.2. The molecule has 1 rings (SSSR count). The zero-order chi connectivity index (χ0) is 11.3. The average Bonchev–Trinajstić information content (AvgIpc) is 2.22. The van der Waals surface area contributed by atoms with Crippen LogP contribution in [0.4, 0.5) is 0 Å². The lowest BCUT2D eigenvalue weighted by Crippen LogP contribution is -2.30. The maximum atomic E-state index is 11.7. The molecular weight excluding hydrogens is 247 g/mol. The monoisotopic (exact) mass is 262 g/mol. The van der Waals surface area contributed by atoms with Crippen LogP contribution in [0, 0.1) is 6.92 Å². The number of halogens is 2. The molecule has 0 bridgehead atoms. The highest BCUT2D eigenvalue weighted by molar-refractivity contribution is 6.31. The van der Waals surface area contributed by atoms with Crippen LogP contribution < -0.4 is 10.6 Å². The Morgan fingerprint density at radius 2 is 2.06 bits per heavy atom. The van der Waals surface area contributed by atoms with Gasteiger partial charge in [-0.25, -0.2) is 0 Å². The Morgan fingerprint density at radius 1 is 1.38 bits per heavy atom. The van der Waals surface area contributed by atoms with Gasteiger partial charge in [-0.2, -0.15) is 0 Å². The van der Waals surface area contributed by atoms with Gasteiger partial charge in [-0.3, -0.25) is 4.79 Å². The highest BCUT2D eigenvalue weighted by Crippen LogP contribution is 2.18. The fourth-order valence-corrected chi connectivity index (χ4v) is 1.42. The molecule has 1 aromatic rings. The lowest BCUT2D eigenvalue weighted by molar-refractivity contribution is 0.0953. The molecule has 0 saturated carbocycles. The molecule has 5 heteroatoms. The van der Waals surface area contributed by atoms with Gasteiger partial charge in [0.15, 0.2) is 0 Å². The molecule has 0 aliphatic rings. The highest BCUT2D eigenvalue weighted by atomic mass is 35.5. The van der Waals surface area contributed by atoms with Crippen LogP contribution in [0.3, 0.4) is 0 Å². The van der Waals surface area contributed by atoms with Gasteiger partial charge >= 0.3 is 0 Å². The molecule has 1 aromatic carbocycles. The Bertz CT molecular complexity index is 356.